The van der Waals surface area contributed by atoms with Gasteiger partial charge in [0.05, 0.1) is 0 Å². The van der Waals surface area contributed by atoms with Crippen LogP contribution in [0.25, 0.3) is 0 Å². The second kappa shape index (κ2) is 10.5. The first-order chi connectivity index (χ1) is 13.0. The van der Waals surface area contributed by atoms with Crippen molar-refractivity contribution in [2.24, 2.45) is 0 Å². The first-order valence-corrected chi connectivity index (χ1v) is 9.53. The Morgan fingerprint density at radius 3 is 2.26 bits per heavy atom. The first-order valence-electron chi connectivity index (χ1n) is 9.53. The number of ether oxygens (including phenoxy) is 1. The molecule has 7 nitrogen and oxygen atoms in total. The molecule has 148 valence electrons. The number of hydrogen-bond donors (Lipinski definition) is 3. The molecule has 0 spiro atoms. The summed E-state index contributed by atoms with van der Waals surface area (Å²) in [7, 11) is 0. The molecule has 0 bridgehead atoms. The van der Waals surface area contributed by atoms with Crippen molar-refractivity contribution in [2.45, 2.75) is 70.7 Å². The van der Waals surface area contributed by atoms with Crippen molar-refractivity contribution in [3.05, 3.63) is 35.9 Å². The number of alkyl carbamates (subject to hydrolysis) is 1. The highest BCUT2D eigenvalue weighted by Gasteiger charge is 2.23. The van der Waals surface area contributed by atoms with Crippen LogP contribution in [0.2, 0.25) is 0 Å². The Morgan fingerprint density at radius 1 is 0.963 bits per heavy atom. The number of nitrogens with one attached hydrogen (secondary N) is 3. The van der Waals surface area contributed by atoms with Crippen LogP contribution >= 0.6 is 0 Å². The lowest BCUT2D eigenvalue weighted by Gasteiger charge is -2.25. The van der Waals surface area contributed by atoms with E-state index in [0.717, 1.165) is 31.2 Å². The average Bonchev–Trinajstić information content (AvgIpc) is 2.67. The van der Waals surface area contributed by atoms with Gasteiger partial charge in [0.25, 0.3) is 0 Å². The predicted molar refractivity (Wildman–Crippen MR) is 102 cm³/mol. The van der Waals surface area contributed by atoms with E-state index in [2.05, 4.69) is 16.0 Å². The minimum Gasteiger partial charge on any atom is -0.445 e. The summed E-state index contributed by atoms with van der Waals surface area (Å²) >= 11 is 0. The maximum Gasteiger partial charge on any atom is 0.408 e. The minimum atomic E-state index is -0.807. The van der Waals surface area contributed by atoms with Crippen LogP contribution in [0, 0.1) is 0 Å². The standard InChI is InChI=1S/C20H29N3O4/c1-14(19(25)23-17-11-7-4-8-12-17)21-18(24)15(2)22-20(26)27-13-16-9-5-3-6-10-16/h3,5-6,9-10,14-15,17H,4,7-8,11-13H2,1-2H3,(H,21,24)(H,22,26)(H,23,25)/t14-,15-/m0/s1. The van der Waals surface area contributed by atoms with Gasteiger partial charge in [-0.15, -0.1) is 0 Å². The van der Waals surface area contributed by atoms with E-state index in [0.29, 0.717) is 0 Å². The molecule has 0 aromatic heterocycles. The summed E-state index contributed by atoms with van der Waals surface area (Å²) < 4.78 is 5.09. The molecular formula is C20H29N3O4. The van der Waals surface area contributed by atoms with E-state index in [1.165, 1.54) is 6.42 Å². The van der Waals surface area contributed by atoms with Crippen molar-refractivity contribution in [3.63, 3.8) is 0 Å². The van der Waals surface area contributed by atoms with Crippen LogP contribution in [0.5, 0.6) is 0 Å². The van der Waals surface area contributed by atoms with Crippen molar-refractivity contribution in [2.75, 3.05) is 0 Å². The molecule has 1 aromatic carbocycles. The fourth-order valence-electron chi connectivity index (χ4n) is 2.98. The van der Waals surface area contributed by atoms with Gasteiger partial charge in [0.15, 0.2) is 0 Å². The van der Waals surface area contributed by atoms with Gasteiger partial charge in [0.2, 0.25) is 11.8 Å². The smallest absolute Gasteiger partial charge is 0.408 e. The molecule has 3 amide bonds. The summed E-state index contributed by atoms with van der Waals surface area (Å²) in [6.07, 6.45) is 4.74. The van der Waals surface area contributed by atoms with E-state index in [4.69, 9.17) is 4.74 Å². The van der Waals surface area contributed by atoms with Gasteiger partial charge in [0, 0.05) is 6.04 Å². The molecule has 3 N–H and O–H groups in total. The zero-order chi connectivity index (χ0) is 19.6. The van der Waals surface area contributed by atoms with E-state index in [1.807, 2.05) is 30.3 Å². The number of benzene rings is 1. The normalized spacial score (nSPS) is 16.7. The monoisotopic (exact) mass is 375 g/mol. The molecule has 7 heteroatoms. The number of carbonyl (C=O) groups is 3. The summed E-state index contributed by atoms with van der Waals surface area (Å²) in [5.41, 5.74) is 0.859. The number of hydrogen-bond acceptors (Lipinski definition) is 4. The number of amides is 3. The molecule has 0 saturated heterocycles. The van der Waals surface area contributed by atoms with Crippen molar-refractivity contribution in [3.8, 4) is 0 Å². The molecular weight excluding hydrogens is 346 g/mol. The van der Waals surface area contributed by atoms with Gasteiger partial charge in [-0.05, 0) is 32.3 Å². The van der Waals surface area contributed by atoms with Gasteiger partial charge in [0.1, 0.15) is 18.7 Å². The zero-order valence-electron chi connectivity index (χ0n) is 16.0. The highest BCUT2D eigenvalue weighted by Crippen LogP contribution is 2.17. The molecule has 0 aliphatic heterocycles. The summed E-state index contributed by atoms with van der Waals surface area (Å²) in [5, 5.41) is 8.07. The van der Waals surface area contributed by atoms with Crippen LogP contribution in [-0.4, -0.2) is 36.0 Å². The number of carbonyl (C=O) groups excluding carboxylic acids is 3. The third-order valence-corrected chi connectivity index (χ3v) is 4.64. The molecule has 2 atom stereocenters. The summed E-state index contributed by atoms with van der Waals surface area (Å²) in [6.45, 7) is 3.31. The molecule has 1 fully saturated rings. The Bertz CT molecular complexity index is 629. The largest absolute Gasteiger partial charge is 0.445 e. The van der Waals surface area contributed by atoms with Crippen molar-refractivity contribution in [1.82, 2.24) is 16.0 Å². The van der Waals surface area contributed by atoms with E-state index in [9.17, 15) is 14.4 Å². The number of rotatable bonds is 7. The molecule has 2 rings (SSSR count). The van der Waals surface area contributed by atoms with Gasteiger partial charge in [-0.1, -0.05) is 49.6 Å². The molecule has 1 aliphatic carbocycles. The van der Waals surface area contributed by atoms with Crippen molar-refractivity contribution >= 4 is 17.9 Å². The molecule has 0 unspecified atom stereocenters. The fourth-order valence-corrected chi connectivity index (χ4v) is 2.98. The highest BCUT2D eigenvalue weighted by atomic mass is 16.5. The second-order valence-electron chi connectivity index (χ2n) is 7.00. The van der Waals surface area contributed by atoms with Crippen molar-refractivity contribution in [1.29, 1.82) is 0 Å². The van der Waals surface area contributed by atoms with Crippen LogP contribution in [0.15, 0.2) is 30.3 Å². The summed E-state index contributed by atoms with van der Waals surface area (Å²) in [6, 6.07) is 7.99. The minimum absolute atomic E-state index is 0.126. The third kappa shape index (κ3) is 7.29. The Labute approximate surface area is 160 Å². The maximum atomic E-state index is 12.2. The van der Waals surface area contributed by atoms with Crippen LogP contribution in [0.1, 0.15) is 51.5 Å². The van der Waals surface area contributed by atoms with E-state index < -0.39 is 24.1 Å². The Hall–Kier alpha value is -2.57. The molecule has 0 radical (unpaired) electrons. The van der Waals surface area contributed by atoms with Crippen LogP contribution < -0.4 is 16.0 Å². The predicted octanol–water partition coefficient (Wildman–Crippen LogP) is 2.25. The van der Waals surface area contributed by atoms with Gasteiger partial charge in [-0.25, -0.2) is 4.79 Å². The fraction of sp³-hybridized carbons (Fsp3) is 0.550. The van der Waals surface area contributed by atoms with Crippen LogP contribution in [0.3, 0.4) is 0 Å². The van der Waals surface area contributed by atoms with Crippen molar-refractivity contribution < 1.29 is 19.1 Å². The lowest BCUT2D eigenvalue weighted by molar-refractivity contribution is -0.129. The summed E-state index contributed by atoms with van der Waals surface area (Å²) in [4.78, 5) is 36.2. The van der Waals surface area contributed by atoms with Gasteiger partial charge >= 0.3 is 6.09 Å². The molecule has 1 aromatic rings. The maximum absolute atomic E-state index is 12.2. The Kier molecular flexibility index (Phi) is 8.10. The van der Waals surface area contributed by atoms with Crippen LogP contribution in [-0.2, 0) is 20.9 Å². The molecule has 0 heterocycles. The zero-order valence-corrected chi connectivity index (χ0v) is 16.0. The quantitative estimate of drug-likeness (QED) is 0.681. The highest BCUT2D eigenvalue weighted by molar-refractivity contribution is 5.90. The molecule has 27 heavy (non-hydrogen) atoms. The van der Waals surface area contributed by atoms with E-state index in [-0.39, 0.29) is 18.6 Å². The lowest BCUT2D eigenvalue weighted by atomic mass is 9.95. The van der Waals surface area contributed by atoms with Gasteiger partial charge in [-0.3, -0.25) is 9.59 Å². The van der Waals surface area contributed by atoms with Gasteiger partial charge < -0.3 is 20.7 Å². The topological polar surface area (TPSA) is 96.5 Å². The van der Waals surface area contributed by atoms with E-state index in [1.54, 1.807) is 13.8 Å². The third-order valence-electron chi connectivity index (χ3n) is 4.64. The van der Waals surface area contributed by atoms with Gasteiger partial charge in [-0.2, -0.15) is 0 Å². The SMILES string of the molecule is C[C@H](NC(=O)OCc1ccccc1)C(=O)N[C@@H](C)C(=O)NC1CCCCC1. The molecule has 1 aliphatic rings. The van der Waals surface area contributed by atoms with E-state index >= 15 is 0 Å². The first kappa shape index (κ1) is 20.7. The Morgan fingerprint density at radius 2 is 1.59 bits per heavy atom. The lowest BCUT2D eigenvalue weighted by Crippen LogP contribution is -2.53. The average molecular weight is 375 g/mol. The second-order valence-corrected chi connectivity index (χ2v) is 7.00. The van der Waals surface area contributed by atoms with Crippen LogP contribution in [0.4, 0.5) is 4.79 Å². The molecule has 1 saturated carbocycles. The Balaban J connectivity index is 1.70. The summed E-state index contributed by atoms with van der Waals surface area (Å²) in [5.74, 6) is -0.632.